The summed E-state index contributed by atoms with van der Waals surface area (Å²) in [5, 5.41) is 18.1. The van der Waals surface area contributed by atoms with Gasteiger partial charge >= 0.3 is 12.2 Å². The molecule has 2 fully saturated rings. The van der Waals surface area contributed by atoms with Gasteiger partial charge in [0, 0.05) is 25.9 Å². The van der Waals surface area contributed by atoms with Crippen LogP contribution >= 0.6 is 0 Å². The Bertz CT molecular complexity index is 674. The molecule has 0 aromatic heterocycles. The predicted molar refractivity (Wildman–Crippen MR) is 79.6 cm³/mol. The lowest BCUT2D eigenvalue weighted by molar-refractivity contribution is 0.00431. The Morgan fingerprint density at radius 1 is 1.35 bits per heavy atom. The zero-order chi connectivity index (χ0) is 16.4. The second kappa shape index (κ2) is 5.80. The van der Waals surface area contributed by atoms with Crippen molar-refractivity contribution in [2.75, 3.05) is 19.6 Å². The van der Waals surface area contributed by atoms with Crippen LogP contribution in [-0.2, 0) is 11.3 Å². The van der Waals surface area contributed by atoms with Crippen molar-refractivity contribution >= 4 is 12.2 Å². The number of likely N-dealkylation sites (tertiary alicyclic amines) is 1. The number of amides is 2. The van der Waals surface area contributed by atoms with E-state index in [-0.39, 0.29) is 0 Å². The van der Waals surface area contributed by atoms with Crippen LogP contribution in [0.5, 0.6) is 0 Å². The van der Waals surface area contributed by atoms with Crippen LogP contribution in [0, 0.1) is 11.3 Å². The average Bonchev–Trinajstić information content (AvgIpc) is 2.83. The highest BCUT2D eigenvalue weighted by Crippen LogP contribution is 2.34. The molecule has 0 aliphatic carbocycles. The number of carbonyl (C=O) groups is 2. The molecule has 23 heavy (non-hydrogen) atoms. The van der Waals surface area contributed by atoms with Crippen molar-refractivity contribution in [3.8, 4) is 6.07 Å². The molecule has 0 bridgehead atoms. The second-order valence-corrected chi connectivity index (χ2v) is 5.95. The highest BCUT2D eigenvalue weighted by atomic mass is 16.6. The third-order valence-corrected chi connectivity index (χ3v) is 4.49. The van der Waals surface area contributed by atoms with E-state index in [0.29, 0.717) is 44.6 Å². The fourth-order valence-electron chi connectivity index (χ4n) is 3.15. The zero-order valence-electron chi connectivity index (χ0n) is 12.6. The Morgan fingerprint density at radius 2 is 2.04 bits per heavy atom. The maximum absolute atomic E-state index is 12.2. The lowest BCUT2D eigenvalue weighted by Crippen LogP contribution is -2.48. The van der Waals surface area contributed by atoms with Gasteiger partial charge in [-0.1, -0.05) is 18.2 Å². The van der Waals surface area contributed by atoms with E-state index < -0.39 is 17.8 Å². The minimum absolute atomic E-state index is 0.326. The fourth-order valence-corrected chi connectivity index (χ4v) is 3.15. The number of hydrogen-bond donors (Lipinski definition) is 1. The van der Waals surface area contributed by atoms with Crippen molar-refractivity contribution in [1.82, 2.24) is 9.80 Å². The van der Waals surface area contributed by atoms with E-state index in [0.717, 1.165) is 5.56 Å². The molecule has 120 valence electrons. The molecule has 7 nitrogen and oxygen atoms in total. The van der Waals surface area contributed by atoms with Crippen LogP contribution in [0.2, 0.25) is 0 Å². The van der Waals surface area contributed by atoms with E-state index in [1.165, 1.54) is 4.90 Å². The summed E-state index contributed by atoms with van der Waals surface area (Å²) >= 11 is 0. The SMILES string of the molecule is N#Cc1ccccc1CN1CC2(CCN(C(=O)O)CC2)OC1=O. The Balaban J connectivity index is 1.69. The van der Waals surface area contributed by atoms with Crippen LogP contribution in [0.25, 0.3) is 0 Å². The van der Waals surface area contributed by atoms with Gasteiger partial charge in [-0.05, 0) is 11.6 Å². The number of hydrogen-bond acceptors (Lipinski definition) is 4. The summed E-state index contributed by atoms with van der Waals surface area (Å²) in [7, 11) is 0. The van der Waals surface area contributed by atoms with Crippen LogP contribution in [0.1, 0.15) is 24.0 Å². The van der Waals surface area contributed by atoms with Crippen molar-refractivity contribution in [2.45, 2.75) is 25.0 Å². The molecule has 1 aromatic rings. The first-order valence-corrected chi connectivity index (χ1v) is 7.47. The molecule has 2 saturated heterocycles. The third-order valence-electron chi connectivity index (χ3n) is 4.49. The molecule has 2 amide bonds. The molecule has 1 spiro atoms. The predicted octanol–water partition coefficient (Wildman–Crippen LogP) is 2.02. The Kier molecular flexibility index (Phi) is 3.82. The molecule has 2 aliphatic rings. The quantitative estimate of drug-likeness (QED) is 0.901. The van der Waals surface area contributed by atoms with Crippen LogP contribution in [0.4, 0.5) is 9.59 Å². The van der Waals surface area contributed by atoms with Crippen LogP contribution in [-0.4, -0.2) is 52.3 Å². The molecule has 0 saturated carbocycles. The van der Waals surface area contributed by atoms with Crippen LogP contribution in [0.15, 0.2) is 24.3 Å². The van der Waals surface area contributed by atoms with Crippen molar-refractivity contribution in [3.63, 3.8) is 0 Å². The minimum Gasteiger partial charge on any atom is -0.465 e. The van der Waals surface area contributed by atoms with Gasteiger partial charge < -0.3 is 14.7 Å². The number of carboxylic acid groups (broad SMARTS) is 1. The molecule has 2 aliphatic heterocycles. The summed E-state index contributed by atoms with van der Waals surface area (Å²) in [6.07, 6.45) is -0.339. The number of piperidine rings is 1. The smallest absolute Gasteiger partial charge is 0.410 e. The van der Waals surface area contributed by atoms with Gasteiger partial charge in [0.15, 0.2) is 0 Å². The Labute approximate surface area is 133 Å². The molecule has 0 unspecified atom stereocenters. The molecular weight excluding hydrogens is 298 g/mol. The normalized spacial score (nSPS) is 19.5. The molecule has 2 heterocycles. The zero-order valence-corrected chi connectivity index (χ0v) is 12.6. The maximum Gasteiger partial charge on any atom is 0.410 e. The maximum atomic E-state index is 12.2. The first-order chi connectivity index (χ1) is 11.0. The Hall–Kier alpha value is -2.75. The van der Waals surface area contributed by atoms with E-state index in [1.807, 2.05) is 12.1 Å². The molecule has 7 heteroatoms. The first kappa shape index (κ1) is 15.2. The summed E-state index contributed by atoms with van der Waals surface area (Å²) in [6, 6.07) is 9.28. The standard InChI is InChI=1S/C16H17N3O4/c17-9-12-3-1-2-4-13(12)10-19-11-16(23-15(19)22)5-7-18(8-6-16)14(20)21/h1-4H,5-8,10-11H2,(H,20,21). The minimum atomic E-state index is -0.941. The summed E-state index contributed by atoms with van der Waals surface area (Å²) in [5.74, 6) is 0. The molecule has 0 atom stereocenters. The number of ether oxygens (including phenoxy) is 1. The highest BCUT2D eigenvalue weighted by Gasteiger charge is 2.47. The van der Waals surface area contributed by atoms with Crippen molar-refractivity contribution in [3.05, 3.63) is 35.4 Å². The number of nitrogens with zero attached hydrogens (tertiary/aromatic N) is 3. The summed E-state index contributed by atoms with van der Waals surface area (Å²) in [4.78, 5) is 26.1. The highest BCUT2D eigenvalue weighted by molar-refractivity contribution is 5.71. The molecule has 1 aromatic carbocycles. The van der Waals surface area contributed by atoms with Gasteiger partial charge in [-0.2, -0.15) is 5.26 Å². The first-order valence-electron chi connectivity index (χ1n) is 7.47. The van der Waals surface area contributed by atoms with Crippen LogP contribution in [0.3, 0.4) is 0 Å². The molecular formula is C16H17N3O4. The van der Waals surface area contributed by atoms with Crippen molar-refractivity contribution in [2.24, 2.45) is 0 Å². The molecule has 0 radical (unpaired) electrons. The molecule has 1 N–H and O–H groups in total. The van der Waals surface area contributed by atoms with Gasteiger partial charge in [-0.3, -0.25) is 4.90 Å². The lowest BCUT2D eigenvalue weighted by atomic mass is 9.91. The largest absolute Gasteiger partial charge is 0.465 e. The number of carbonyl (C=O) groups excluding carboxylic acids is 1. The third kappa shape index (κ3) is 2.93. The summed E-state index contributed by atoms with van der Waals surface area (Å²) in [6.45, 7) is 1.49. The van der Waals surface area contributed by atoms with Gasteiger partial charge in [0.25, 0.3) is 0 Å². The van der Waals surface area contributed by atoms with E-state index in [4.69, 9.17) is 15.1 Å². The van der Waals surface area contributed by atoms with Gasteiger partial charge in [-0.15, -0.1) is 0 Å². The molecule has 3 rings (SSSR count). The average molecular weight is 315 g/mol. The van der Waals surface area contributed by atoms with Gasteiger partial charge in [0.1, 0.15) is 5.60 Å². The van der Waals surface area contributed by atoms with E-state index in [1.54, 1.807) is 17.0 Å². The van der Waals surface area contributed by atoms with Crippen molar-refractivity contribution in [1.29, 1.82) is 5.26 Å². The van der Waals surface area contributed by atoms with E-state index >= 15 is 0 Å². The van der Waals surface area contributed by atoms with Crippen molar-refractivity contribution < 1.29 is 19.4 Å². The topological polar surface area (TPSA) is 93.9 Å². The number of nitriles is 1. The van der Waals surface area contributed by atoms with Gasteiger partial charge in [0.05, 0.1) is 24.7 Å². The number of benzene rings is 1. The van der Waals surface area contributed by atoms with E-state index in [2.05, 4.69) is 6.07 Å². The van der Waals surface area contributed by atoms with Gasteiger partial charge in [0.2, 0.25) is 0 Å². The van der Waals surface area contributed by atoms with E-state index in [9.17, 15) is 9.59 Å². The van der Waals surface area contributed by atoms with Crippen LogP contribution < -0.4 is 0 Å². The Morgan fingerprint density at radius 3 is 2.70 bits per heavy atom. The monoisotopic (exact) mass is 315 g/mol. The summed E-state index contributed by atoms with van der Waals surface area (Å²) < 4.78 is 5.56. The lowest BCUT2D eigenvalue weighted by Gasteiger charge is -2.36. The second-order valence-electron chi connectivity index (χ2n) is 5.95. The van der Waals surface area contributed by atoms with Gasteiger partial charge in [-0.25, -0.2) is 9.59 Å². The fraction of sp³-hybridized carbons (Fsp3) is 0.438. The summed E-state index contributed by atoms with van der Waals surface area (Å²) in [5.41, 5.74) is 0.721. The number of rotatable bonds is 2.